The van der Waals surface area contributed by atoms with E-state index in [1.54, 1.807) is 0 Å². The third-order valence-corrected chi connectivity index (χ3v) is 0.697. The first-order valence-electron chi connectivity index (χ1n) is 2.88. The summed E-state index contributed by atoms with van der Waals surface area (Å²) in [7, 11) is 0. The van der Waals surface area contributed by atoms with Crippen LogP contribution in [0.25, 0.3) is 0 Å². The van der Waals surface area contributed by atoms with Gasteiger partial charge in [-0.15, -0.1) is 0 Å². The molecule has 1 aromatic heterocycles. The lowest BCUT2D eigenvalue weighted by molar-refractivity contribution is 0.256. The van der Waals surface area contributed by atoms with Crippen LogP contribution in [-0.4, -0.2) is 16.0 Å². The number of amides is 2. The number of nitrogens with one attached hydrogen (secondary N) is 1. The zero-order valence-electron chi connectivity index (χ0n) is 6.15. The smallest absolute Gasteiger partial charge is 0.346 e. The van der Waals surface area contributed by atoms with E-state index in [4.69, 9.17) is 10.5 Å². The van der Waals surface area contributed by atoms with Crippen molar-refractivity contribution in [3.8, 4) is 0 Å². The highest BCUT2D eigenvalue weighted by molar-refractivity contribution is 5.69. The molecule has 0 unspecified atom stereocenters. The van der Waals surface area contributed by atoms with Crippen LogP contribution in [0, 0.1) is 0 Å². The van der Waals surface area contributed by atoms with Crippen LogP contribution in [0.15, 0.2) is 17.1 Å². The summed E-state index contributed by atoms with van der Waals surface area (Å²) in [6.45, 7) is 0. The lowest BCUT2D eigenvalue weighted by Gasteiger charge is -1.84. The Morgan fingerprint density at radius 3 is 2.00 bits per heavy atom. The Bertz CT molecular complexity index is 305. The summed E-state index contributed by atoms with van der Waals surface area (Å²) in [6, 6.07) is 0.682. The number of H-pyrrole nitrogens is 1. The number of hydrogen-bond donors (Lipinski definition) is 4. The number of hydrogen-bond acceptors (Lipinski definition) is 4. The predicted octanol–water partition coefficient (Wildman–Crippen LogP) is -0.352. The van der Waals surface area contributed by atoms with Gasteiger partial charge >= 0.3 is 11.7 Å². The Hall–Kier alpha value is -2.05. The van der Waals surface area contributed by atoms with Crippen molar-refractivity contribution in [2.75, 3.05) is 5.73 Å². The summed E-state index contributed by atoms with van der Waals surface area (Å²) in [5, 5.41) is 0. The highest BCUT2D eigenvalue weighted by Gasteiger charge is 1.80. The SMILES string of the molecule is C.C.NC(N)=O.Nc1ccnc(=O)[nH]1. The van der Waals surface area contributed by atoms with Gasteiger partial charge in [-0.05, 0) is 6.07 Å². The highest BCUT2D eigenvalue weighted by atomic mass is 16.2. The first-order chi connectivity index (χ1) is 5.52. The molecule has 7 heteroatoms. The molecule has 0 aliphatic heterocycles. The average Bonchev–Trinajstić information content (AvgIpc) is 1.84. The summed E-state index contributed by atoms with van der Waals surface area (Å²) in [5.74, 6) is 0.338. The molecule has 0 atom stereocenters. The van der Waals surface area contributed by atoms with E-state index in [0.717, 1.165) is 0 Å². The first-order valence-corrected chi connectivity index (χ1v) is 2.88. The van der Waals surface area contributed by atoms with E-state index in [9.17, 15) is 4.79 Å². The van der Waals surface area contributed by atoms with Crippen LogP contribution in [0.3, 0.4) is 0 Å². The molecule has 0 saturated carbocycles. The number of carbonyl (C=O) groups is 1. The molecule has 1 aromatic rings. The zero-order valence-corrected chi connectivity index (χ0v) is 6.15. The van der Waals surface area contributed by atoms with Gasteiger partial charge in [-0.2, -0.15) is 0 Å². The molecule has 14 heavy (non-hydrogen) atoms. The number of nitrogens with zero attached hydrogens (tertiary/aromatic N) is 1. The molecule has 7 N–H and O–H groups in total. The highest BCUT2D eigenvalue weighted by Crippen LogP contribution is 1.82. The van der Waals surface area contributed by atoms with Crippen molar-refractivity contribution < 1.29 is 4.79 Å². The second kappa shape index (κ2) is 9.04. The molecule has 82 valence electrons. The molecule has 0 fully saturated rings. The van der Waals surface area contributed by atoms with E-state index in [0.29, 0.717) is 5.82 Å². The second-order valence-electron chi connectivity index (χ2n) is 1.73. The fraction of sp³-hybridized carbons (Fsp3) is 0.286. The number of aromatic nitrogens is 2. The van der Waals surface area contributed by atoms with E-state index in [1.807, 2.05) is 0 Å². The minimum absolute atomic E-state index is 0. The zero-order chi connectivity index (χ0) is 9.56. The third-order valence-electron chi connectivity index (χ3n) is 0.697. The number of carbonyl (C=O) groups excluding carboxylic acids is 1. The number of rotatable bonds is 0. The normalized spacial score (nSPS) is 6.86. The van der Waals surface area contributed by atoms with Gasteiger partial charge in [0.05, 0.1) is 0 Å². The number of aromatic amines is 1. The first kappa shape index (κ1) is 17.9. The molecule has 0 radical (unpaired) electrons. The van der Waals surface area contributed by atoms with E-state index >= 15 is 0 Å². The van der Waals surface area contributed by atoms with Crippen molar-refractivity contribution in [1.29, 1.82) is 0 Å². The number of urea groups is 1. The van der Waals surface area contributed by atoms with E-state index in [-0.39, 0.29) is 14.9 Å². The maximum Gasteiger partial charge on any atom is 0.346 e. The maximum atomic E-state index is 10.2. The Kier molecular flexibility index (Phi) is 11.6. The van der Waals surface area contributed by atoms with Gasteiger partial charge in [0.15, 0.2) is 0 Å². The fourth-order valence-electron chi connectivity index (χ4n) is 0.383. The lowest BCUT2D eigenvalue weighted by atomic mass is 10.6. The van der Waals surface area contributed by atoms with E-state index < -0.39 is 11.7 Å². The molecule has 7 nitrogen and oxygen atoms in total. The van der Waals surface area contributed by atoms with Crippen LogP contribution in [0.4, 0.5) is 10.6 Å². The summed E-state index contributed by atoms with van der Waals surface area (Å²) in [5.41, 5.74) is 13.3. The van der Waals surface area contributed by atoms with Crippen molar-refractivity contribution in [2.24, 2.45) is 11.5 Å². The summed E-state index contributed by atoms with van der Waals surface area (Å²) in [4.78, 5) is 24.9. The molecule has 0 aliphatic carbocycles. The van der Waals surface area contributed by atoms with Crippen molar-refractivity contribution in [2.45, 2.75) is 14.9 Å². The minimum atomic E-state index is -0.833. The molecule has 0 saturated heterocycles. The molecule has 0 spiro atoms. The Morgan fingerprint density at radius 2 is 1.79 bits per heavy atom. The quantitative estimate of drug-likeness (QED) is 0.457. The second-order valence-corrected chi connectivity index (χ2v) is 1.73. The topological polar surface area (TPSA) is 141 Å². The molecule has 2 amide bonds. The number of primary amides is 2. The number of anilines is 1. The minimum Gasteiger partial charge on any atom is -0.385 e. The van der Waals surface area contributed by atoms with Crippen LogP contribution in [0.2, 0.25) is 0 Å². The van der Waals surface area contributed by atoms with Crippen molar-refractivity contribution in [3.63, 3.8) is 0 Å². The predicted molar refractivity (Wildman–Crippen MR) is 56.5 cm³/mol. The van der Waals surface area contributed by atoms with Crippen LogP contribution < -0.4 is 22.9 Å². The van der Waals surface area contributed by atoms with Gasteiger partial charge in [0.25, 0.3) is 0 Å². The Labute approximate surface area is 82.3 Å². The lowest BCUT2D eigenvalue weighted by Crippen LogP contribution is -2.18. The molecule has 1 heterocycles. The standard InChI is InChI=1S/C4H5N3O.CH4N2O.2CH4/c5-3-1-2-6-4(8)7-3;2-1(3)4;;/h1-2H,(H3,5,6,7,8);(H4,2,3,4);2*1H4. The van der Waals surface area contributed by atoms with Crippen LogP contribution in [0.1, 0.15) is 14.9 Å². The van der Waals surface area contributed by atoms with Gasteiger partial charge in [-0.3, -0.25) is 4.98 Å². The van der Waals surface area contributed by atoms with Gasteiger partial charge in [-0.25, -0.2) is 14.6 Å². The summed E-state index contributed by atoms with van der Waals surface area (Å²) in [6.07, 6.45) is 1.36. The van der Waals surface area contributed by atoms with Crippen LogP contribution in [-0.2, 0) is 0 Å². The van der Waals surface area contributed by atoms with Gasteiger partial charge in [0, 0.05) is 6.20 Å². The fourth-order valence-corrected chi connectivity index (χ4v) is 0.383. The van der Waals surface area contributed by atoms with Gasteiger partial charge in [0.1, 0.15) is 5.82 Å². The van der Waals surface area contributed by atoms with E-state index in [1.165, 1.54) is 12.3 Å². The molecular weight excluding hydrogens is 186 g/mol. The van der Waals surface area contributed by atoms with Crippen molar-refractivity contribution in [1.82, 2.24) is 9.97 Å². The van der Waals surface area contributed by atoms with Gasteiger partial charge in [0.2, 0.25) is 0 Å². The van der Waals surface area contributed by atoms with Crippen molar-refractivity contribution in [3.05, 3.63) is 22.7 Å². The van der Waals surface area contributed by atoms with Crippen molar-refractivity contribution >= 4 is 11.8 Å². The Morgan fingerprint density at radius 1 is 1.36 bits per heavy atom. The average molecular weight is 203 g/mol. The molecule has 1 rings (SSSR count). The van der Waals surface area contributed by atoms with Crippen LogP contribution in [0.5, 0.6) is 0 Å². The summed E-state index contributed by atoms with van der Waals surface area (Å²) < 4.78 is 0. The number of nitrogens with two attached hydrogens (primary N) is 3. The largest absolute Gasteiger partial charge is 0.385 e. The van der Waals surface area contributed by atoms with Gasteiger partial charge < -0.3 is 17.2 Å². The summed E-state index contributed by atoms with van der Waals surface area (Å²) >= 11 is 0. The molecule has 0 bridgehead atoms. The third kappa shape index (κ3) is 12.6. The molecule has 0 aromatic carbocycles. The maximum absolute atomic E-state index is 10.2. The molecular formula is C7H17N5O2. The van der Waals surface area contributed by atoms with E-state index in [2.05, 4.69) is 21.4 Å². The van der Waals surface area contributed by atoms with Gasteiger partial charge in [-0.1, -0.05) is 14.9 Å². The number of nitrogen functional groups attached to an aromatic ring is 1. The molecule has 0 aliphatic rings. The Balaban J connectivity index is -0.000000180. The monoisotopic (exact) mass is 203 g/mol. The van der Waals surface area contributed by atoms with Crippen LogP contribution >= 0.6 is 0 Å².